The van der Waals surface area contributed by atoms with Gasteiger partial charge in [0.1, 0.15) is 10.6 Å². The maximum Gasteiger partial charge on any atom is 0.246 e. The highest BCUT2D eigenvalue weighted by Crippen LogP contribution is 2.19. The third-order valence-electron chi connectivity index (χ3n) is 3.62. The van der Waals surface area contributed by atoms with E-state index in [9.17, 15) is 13.2 Å². The summed E-state index contributed by atoms with van der Waals surface area (Å²) >= 11 is 0. The molecule has 23 heavy (non-hydrogen) atoms. The molecule has 1 aromatic rings. The summed E-state index contributed by atoms with van der Waals surface area (Å²) in [6.07, 6.45) is 0. The normalized spacial score (nSPS) is 20.0. The van der Waals surface area contributed by atoms with Gasteiger partial charge in [0.15, 0.2) is 5.76 Å². The Kier molecular flexibility index (Phi) is 6.58. The first kappa shape index (κ1) is 19.9. The molecule has 0 aromatic carbocycles. The topological polar surface area (TPSA) is 105 Å². The maximum absolute atomic E-state index is 12.4. The minimum atomic E-state index is -3.84. The molecule has 2 rings (SSSR count). The van der Waals surface area contributed by atoms with Crippen molar-refractivity contribution < 1.29 is 17.7 Å². The Bertz CT molecular complexity index is 641. The molecule has 8 nitrogen and oxygen atoms in total. The van der Waals surface area contributed by atoms with Gasteiger partial charge in [0.25, 0.3) is 0 Å². The summed E-state index contributed by atoms with van der Waals surface area (Å²) in [5, 5.41) is 6.87. The Hall–Kier alpha value is -1.16. The number of aryl methyl sites for hydroxylation is 2. The summed E-state index contributed by atoms with van der Waals surface area (Å²) in [5.41, 5.74) is 0.278. The summed E-state index contributed by atoms with van der Waals surface area (Å²) in [6.45, 7) is 8.45. The molecule has 2 unspecified atom stereocenters. The van der Waals surface area contributed by atoms with Crippen LogP contribution in [0.25, 0.3) is 0 Å². The van der Waals surface area contributed by atoms with Crippen LogP contribution in [0.5, 0.6) is 0 Å². The summed E-state index contributed by atoms with van der Waals surface area (Å²) < 4.78 is 32.1. The molecule has 1 amide bonds. The standard InChI is InChI=1S/C13H22N4O4S.ClH/c1-8-7-17(6-5-14-8)13(18)10(3)16-22(19,20)12-9(2)15-21-11(12)4;/h8,10,14,16H,5-7H2,1-4H3;1H. The lowest BCUT2D eigenvalue weighted by Crippen LogP contribution is -2.56. The van der Waals surface area contributed by atoms with E-state index in [4.69, 9.17) is 4.52 Å². The second kappa shape index (κ2) is 7.61. The van der Waals surface area contributed by atoms with Crippen LogP contribution in [-0.4, -0.2) is 56.1 Å². The zero-order chi connectivity index (χ0) is 16.5. The zero-order valence-corrected chi connectivity index (χ0v) is 15.3. The van der Waals surface area contributed by atoms with Crippen molar-refractivity contribution in [2.75, 3.05) is 19.6 Å². The van der Waals surface area contributed by atoms with Crippen LogP contribution < -0.4 is 10.0 Å². The average Bonchev–Trinajstić information content (AvgIpc) is 2.77. The third kappa shape index (κ3) is 4.43. The van der Waals surface area contributed by atoms with Gasteiger partial charge in [0, 0.05) is 25.7 Å². The average molecular weight is 367 g/mol. The van der Waals surface area contributed by atoms with Gasteiger partial charge >= 0.3 is 0 Å². The number of halogens is 1. The molecule has 0 spiro atoms. The molecule has 0 aliphatic carbocycles. The lowest BCUT2D eigenvalue weighted by Gasteiger charge is -2.33. The van der Waals surface area contributed by atoms with Crippen molar-refractivity contribution in [3.05, 3.63) is 11.5 Å². The molecule has 2 heterocycles. The van der Waals surface area contributed by atoms with Gasteiger partial charge in [-0.25, -0.2) is 8.42 Å². The molecule has 10 heteroatoms. The largest absolute Gasteiger partial charge is 0.360 e. The number of nitrogens with one attached hydrogen (secondary N) is 2. The van der Waals surface area contributed by atoms with E-state index in [2.05, 4.69) is 15.2 Å². The summed E-state index contributed by atoms with van der Waals surface area (Å²) in [4.78, 5) is 14.1. The van der Waals surface area contributed by atoms with Crippen molar-refractivity contribution in [2.45, 2.75) is 44.7 Å². The van der Waals surface area contributed by atoms with Crippen molar-refractivity contribution in [1.82, 2.24) is 20.1 Å². The highest BCUT2D eigenvalue weighted by molar-refractivity contribution is 7.89. The highest BCUT2D eigenvalue weighted by atomic mass is 35.5. The van der Waals surface area contributed by atoms with E-state index < -0.39 is 16.1 Å². The minimum absolute atomic E-state index is 0. The first-order chi connectivity index (χ1) is 10.2. The first-order valence-corrected chi connectivity index (χ1v) is 8.68. The van der Waals surface area contributed by atoms with Gasteiger partial charge in [-0.3, -0.25) is 4.79 Å². The van der Waals surface area contributed by atoms with Gasteiger partial charge in [-0.15, -0.1) is 12.4 Å². The quantitative estimate of drug-likeness (QED) is 0.788. The number of sulfonamides is 1. The number of aromatic nitrogens is 1. The molecule has 132 valence electrons. The first-order valence-electron chi connectivity index (χ1n) is 7.19. The lowest BCUT2D eigenvalue weighted by atomic mass is 10.2. The van der Waals surface area contributed by atoms with Crippen molar-refractivity contribution in [3.63, 3.8) is 0 Å². The zero-order valence-electron chi connectivity index (χ0n) is 13.6. The molecule has 0 radical (unpaired) electrons. The van der Waals surface area contributed by atoms with E-state index in [1.165, 1.54) is 6.92 Å². The van der Waals surface area contributed by atoms with E-state index in [-0.39, 0.29) is 40.7 Å². The number of nitrogens with zero attached hydrogens (tertiary/aromatic N) is 2. The minimum Gasteiger partial charge on any atom is -0.360 e. The Balaban J connectivity index is 0.00000264. The fraction of sp³-hybridized carbons (Fsp3) is 0.692. The second-order valence-electron chi connectivity index (χ2n) is 5.64. The third-order valence-corrected chi connectivity index (χ3v) is 5.40. The number of amides is 1. The fourth-order valence-electron chi connectivity index (χ4n) is 2.61. The molecule has 2 N–H and O–H groups in total. The van der Waals surface area contributed by atoms with Gasteiger partial charge in [0.2, 0.25) is 15.9 Å². The summed E-state index contributed by atoms with van der Waals surface area (Å²) in [6, 6.07) is -0.645. The predicted octanol–water partition coefficient (Wildman–Crippen LogP) is 0.200. The fourth-order valence-corrected chi connectivity index (χ4v) is 4.13. The maximum atomic E-state index is 12.4. The summed E-state index contributed by atoms with van der Waals surface area (Å²) in [5.74, 6) is -0.0240. The van der Waals surface area contributed by atoms with E-state index >= 15 is 0 Å². The van der Waals surface area contributed by atoms with E-state index in [0.29, 0.717) is 19.6 Å². The van der Waals surface area contributed by atoms with Crippen molar-refractivity contribution >= 4 is 28.3 Å². The number of hydrogen-bond acceptors (Lipinski definition) is 6. The molecule has 0 bridgehead atoms. The predicted molar refractivity (Wildman–Crippen MR) is 87.1 cm³/mol. The van der Waals surface area contributed by atoms with Crippen molar-refractivity contribution in [1.29, 1.82) is 0 Å². The molecule has 2 atom stereocenters. The van der Waals surface area contributed by atoms with Crippen molar-refractivity contribution in [2.24, 2.45) is 0 Å². The van der Waals surface area contributed by atoms with Crippen LogP contribution in [0, 0.1) is 13.8 Å². The molecule has 1 saturated heterocycles. The van der Waals surface area contributed by atoms with Gasteiger partial charge in [-0.05, 0) is 27.7 Å². The number of hydrogen-bond donors (Lipinski definition) is 2. The van der Waals surface area contributed by atoms with Crippen LogP contribution in [0.1, 0.15) is 25.3 Å². The molecule has 1 fully saturated rings. The molecular formula is C13H23ClN4O4S. The number of carbonyl (C=O) groups excluding carboxylic acids is 1. The van der Waals surface area contributed by atoms with Crippen LogP contribution >= 0.6 is 12.4 Å². The summed E-state index contributed by atoms with van der Waals surface area (Å²) in [7, 11) is -3.84. The van der Waals surface area contributed by atoms with Crippen LogP contribution in [-0.2, 0) is 14.8 Å². The number of carbonyl (C=O) groups is 1. The Morgan fingerprint density at radius 3 is 2.65 bits per heavy atom. The Morgan fingerprint density at radius 2 is 2.13 bits per heavy atom. The van der Waals surface area contributed by atoms with Crippen LogP contribution in [0.15, 0.2) is 9.42 Å². The molecule has 0 saturated carbocycles. The highest BCUT2D eigenvalue weighted by Gasteiger charge is 2.31. The van der Waals surface area contributed by atoms with E-state index in [1.54, 1.807) is 18.7 Å². The number of rotatable bonds is 4. The van der Waals surface area contributed by atoms with E-state index in [0.717, 1.165) is 0 Å². The Morgan fingerprint density at radius 1 is 1.48 bits per heavy atom. The molecular weight excluding hydrogens is 344 g/mol. The Labute approximate surface area is 142 Å². The van der Waals surface area contributed by atoms with Gasteiger partial charge in [-0.1, -0.05) is 5.16 Å². The van der Waals surface area contributed by atoms with Crippen molar-refractivity contribution in [3.8, 4) is 0 Å². The smallest absolute Gasteiger partial charge is 0.246 e. The van der Waals surface area contributed by atoms with Gasteiger partial charge in [-0.2, -0.15) is 4.72 Å². The van der Waals surface area contributed by atoms with Crippen LogP contribution in [0.2, 0.25) is 0 Å². The lowest BCUT2D eigenvalue weighted by molar-refractivity contribution is -0.133. The van der Waals surface area contributed by atoms with Crippen LogP contribution in [0.4, 0.5) is 0 Å². The SMILES string of the molecule is Cc1noc(C)c1S(=O)(=O)NC(C)C(=O)N1CCNC(C)C1.Cl. The van der Waals surface area contributed by atoms with Crippen LogP contribution in [0.3, 0.4) is 0 Å². The van der Waals surface area contributed by atoms with Gasteiger partial charge < -0.3 is 14.7 Å². The molecule has 1 aromatic heterocycles. The monoisotopic (exact) mass is 366 g/mol. The molecule has 1 aliphatic rings. The second-order valence-corrected chi connectivity index (χ2v) is 7.29. The number of piperazine rings is 1. The van der Waals surface area contributed by atoms with Gasteiger partial charge in [0.05, 0.1) is 6.04 Å². The molecule has 1 aliphatic heterocycles. The van der Waals surface area contributed by atoms with E-state index in [1.807, 2.05) is 6.92 Å².